The fourth-order valence-corrected chi connectivity index (χ4v) is 2.49. The Morgan fingerprint density at radius 2 is 2.25 bits per heavy atom. The fourth-order valence-electron chi connectivity index (χ4n) is 2.49. The Hall–Kier alpha value is -0.590. The SMILES string of the molecule is CC1(C)CCC2=CC(=O)CC2C1. The molecule has 0 aromatic carbocycles. The summed E-state index contributed by atoms with van der Waals surface area (Å²) in [6.45, 7) is 4.62. The Kier molecular flexibility index (Phi) is 1.64. The number of allylic oxidation sites excluding steroid dienone is 2. The lowest BCUT2D eigenvalue weighted by atomic mass is 9.71. The average Bonchev–Trinajstić information content (AvgIpc) is 2.26. The Bertz CT molecular complexity index is 248. The van der Waals surface area contributed by atoms with Crippen LogP contribution in [0.3, 0.4) is 0 Å². The van der Waals surface area contributed by atoms with Crippen molar-refractivity contribution in [3.8, 4) is 0 Å². The van der Waals surface area contributed by atoms with Gasteiger partial charge < -0.3 is 0 Å². The van der Waals surface area contributed by atoms with Gasteiger partial charge in [-0.25, -0.2) is 0 Å². The molecule has 12 heavy (non-hydrogen) atoms. The second-order valence-corrected chi connectivity index (χ2v) is 4.95. The van der Waals surface area contributed by atoms with Crippen LogP contribution in [0.2, 0.25) is 0 Å². The first kappa shape index (κ1) is 8.03. The molecule has 0 aromatic heterocycles. The highest BCUT2D eigenvalue weighted by Crippen LogP contribution is 2.45. The van der Waals surface area contributed by atoms with Gasteiger partial charge in [-0.1, -0.05) is 19.4 Å². The predicted octanol–water partition coefficient (Wildman–Crippen LogP) is 2.71. The number of ketones is 1. The van der Waals surface area contributed by atoms with Gasteiger partial charge in [-0.2, -0.15) is 0 Å². The Labute approximate surface area is 73.8 Å². The average molecular weight is 164 g/mol. The molecule has 2 rings (SSSR count). The van der Waals surface area contributed by atoms with E-state index in [9.17, 15) is 4.79 Å². The summed E-state index contributed by atoms with van der Waals surface area (Å²) in [6.07, 6.45) is 6.30. The largest absolute Gasteiger partial charge is 0.295 e. The fraction of sp³-hybridized carbons (Fsp3) is 0.727. The molecule has 1 saturated carbocycles. The highest BCUT2D eigenvalue weighted by Gasteiger charge is 2.35. The molecule has 0 radical (unpaired) electrons. The van der Waals surface area contributed by atoms with Gasteiger partial charge in [0, 0.05) is 6.42 Å². The summed E-state index contributed by atoms with van der Waals surface area (Å²) in [7, 11) is 0. The third-order valence-corrected chi connectivity index (χ3v) is 3.21. The van der Waals surface area contributed by atoms with Crippen LogP contribution in [-0.4, -0.2) is 5.78 Å². The monoisotopic (exact) mass is 164 g/mol. The van der Waals surface area contributed by atoms with E-state index in [-0.39, 0.29) is 0 Å². The number of carbonyl (C=O) groups excluding carboxylic acids is 1. The van der Waals surface area contributed by atoms with E-state index in [4.69, 9.17) is 0 Å². The lowest BCUT2D eigenvalue weighted by Crippen LogP contribution is -2.22. The summed E-state index contributed by atoms with van der Waals surface area (Å²) in [5.41, 5.74) is 1.89. The molecule has 1 fully saturated rings. The van der Waals surface area contributed by atoms with E-state index in [0.717, 1.165) is 12.8 Å². The first-order valence-electron chi connectivity index (χ1n) is 4.80. The van der Waals surface area contributed by atoms with Crippen LogP contribution in [0.15, 0.2) is 11.6 Å². The Balaban J connectivity index is 2.15. The van der Waals surface area contributed by atoms with Crippen LogP contribution in [0.5, 0.6) is 0 Å². The highest BCUT2D eigenvalue weighted by molar-refractivity contribution is 5.93. The van der Waals surface area contributed by atoms with Gasteiger partial charge in [-0.3, -0.25) is 4.79 Å². The Morgan fingerprint density at radius 1 is 1.50 bits per heavy atom. The van der Waals surface area contributed by atoms with Crippen molar-refractivity contribution in [1.29, 1.82) is 0 Å². The van der Waals surface area contributed by atoms with Crippen LogP contribution in [0.1, 0.15) is 39.5 Å². The van der Waals surface area contributed by atoms with Gasteiger partial charge in [-0.05, 0) is 36.7 Å². The maximum absolute atomic E-state index is 11.1. The van der Waals surface area contributed by atoms with Gasteiger partial charge in [0.2, 0.25) is 0 Å². The molecular formula is C11H16O. The number of hydrogen-bond donors (Lipinski definition) is 0. The predicted molar refractivity (Wildman–Crippen MR) is 48.8 cm³/mol. The van der Waals surface area contributed by atoms with Crippen molar-refractivity contribution in [3.05, 3.63) is 11.6 Å². The second-order valence-electron chi connectivity index (χ2n) is 4.95. The summed E-state index contributed by atoms with van der Waals surface area (Å²) in [5.74, 6) is 0.953. The Morgan fingerprint density at radius 3 is 3.00 bits per heavy atom. The lowest BCUT2D eigenvalue weighted by molar-refractivity contribution is -0.114. The molecule has 66 valence electrons. The number of fused-ring (bicyclic) bond motifs is 1. The molecule has 0 saturated heterocycles. The van der Waals surface area contributed by atoms with E-state index in [1.165, 1.54) is 18.4 Å². The highest BCUT2D eigenvalue weighted by atomic mass is 16.1. The van der Waals surface area contributed by atoms with Crippen LogP contribution in [-0.2, 0) is 4.79 Å². The zero-order valence-corrected chi connectivity index (χ0v) is 7.89. The van der Waals surface area contributed by atoms with E-state index >= 15 is 0 Å². The molecule has 0 amide bonds. The first-order chi connectivity index (χ1) is 5.57. The molecule has 2 aliphatic carbocycles. The van der Waals surface area contributed by atoms with Crippen LogP contribution in [0, 0.1) is 11.3 Å². The van der Waals surface area contributed by atoms with E-state index in [1.54, 1.807) is 0 Å². The van der Waals surface area contributed by atoms with E-state index in [2.05, 4.69) is 13.8 Å². The lowest BCUT2D eigenvalue weighted by Gasteiger charge is -2.34. The molecule has 1 nitrogen and oxygen atoms in total. The molecule has 0 aliphatic heterocycles. The summed E-state index contributed by atoms with van der Waals surface area (Å²) in [4.78, 5) is 11.1. The summed E-state index contributed by atoms with van der Waals surface area (Å²) < 4.78 is 0. The normalized spacial score (nSPS) is 33.0. The second kappa shape index (κ2) is 2.45. The molecule has 1 atom stereocenters. The van der Waals surface area contributed by atoms with Crippen molar-refractivity contribution in [2.75, 3.05) is 0 Å². The van der Waals surface area contributed by atoms with E-state index in [1.807, 2.05) is 6.08 Å². The molecule has 1 heteroatoms. The minimum Gasteiger partial charge on any atom is -0.295 e. The van der Waals surface area contributed by atoms with Crippen LogP contribution in [0.4, 0.5) is 0 Å². The molecule has 0 heterocycles. The zero-order chi connectivity index (χ0) is 8.77. The molecular weight excluding hydrogens is 148 g/mol. The van der Waals surface area contributed by atoms with Crippen LogP contribution in [0.25, 0.3) is 0 Å². The number of carbonyl (C=O) groups is 1. The number of hydrogen-bond acceptors (Lipinski definition) is 1. The quantitative estimate of drug-likeness (QED) is 0.538. The van der Waals surface area contributed by atoms with Gasteiger partial charge in [0.1, 0.15) is 0 Å². The smallest absolute Gasteiger partial charge is 0.156 e. The standard InChI is InChI=1S/C11H16O/c1-11(2)4-3-8-5-10(12)6-9(8)7-11/h5,9H,3-4,6-7H2,1-2H3. The van der Waals surface area contributed by atoms with Crippen molar-refractivity contribution >= 4 is 5.78 Å². The van der Waals surface area contributed by atoms with E-state index in [0.29, 0.717) is 17.1 Å². The summed E-state index contributed by atoms with van der Waals surface area (Å²) >= 11 is 0. The minimum atomic E-state index is 0.354. The van der Waals surface area contributed by atoms with Crippen molar-refractivity contribution in [3.63, 3.8) is 0 Å². The summed E-state index contributed by atoms with van der Waals surface area (Å²) in [5, 5.41) is 0. The molecule has 0 aromatic rings. The van der Waals surface area contributed by atoms with Crippen LogP contribution >= 0.6 is 0 Å². The van der Waals surface area contributed by atoms with Crippen molar-refractivity contribution in [2.45, 2.75) is 39.5 Å². The van der Waals surface area contributed by atoms with Crippen LogP contribution < -0.4 is 0 Å². The molecule has 0 bridgehead atoms. The van der Waals surface area contributed by atoms with E-state index < -0.39 is 0 Å². The topological polar surface area (TPSA) is 17.1 Å². The van der Waals surface area contributed by atoms with Gasteiger partial charge >= 0.3 is 0 Å². The minimum absolute atomic E-state index is 0.354. The molecule has 0 spiro atoms. The third-order valence-electron chi connectivity index (χ3n) is 3.21. The molecule has 1 unspecified atom stereocenters. The third kappa shape index (κ3) is 1.33. The zero-order valence-electron chi connectivity index (χ0n) is 7.89. The van der Waals surface area contributed by atoms with Gasteiger partial charge in [0.05, 0.1) is 0 Å². The molecule has 2 aliphatic rings. The van der Waals surface area contributed by atoms with Gasteiger partial charge in [0.25, 0.3) is 0 Å². The number of rotatable bonds is 0. The maximum Gasteiger partial charge on any atom is 0.156 e. The summed E-state index contributed by atoms with van der Waals surface area (Å²) in [6, 6.07) is 0. The van der Waals surface area contributed by atoms with Crippen molar-refractivity contribution < 1.29 is 4.79 Å². The molecule has 0 N–H and O–H groups in total. The van der Waals surface area contributed by atoms with Gasteiger partial charge in [0.15, 0.2) is 5.78 Å². The van der Waals surface area contributed by atoms with Gasteiger partial charge in [-0.15, -0.1) is 0 Å². The van der Waals surface area contributed by atoms with Crippen molar-refractivity contribution in [1.82, 2.24) is 0 Å². The van der Waals surface area contributed by atoms with Crippen molar-refractivity contribution in [2.24, 2.45) is 11.3 Å². The maximum atomic E-state index is 11.1. The first-order valence-corrected chi connectivity index (χ1v) is 4.80.